The second kappa shape index (κ2) is 8.59. The topological polar surface area (TPSA) is 52.7 Å². The van der Waals surface area contributed by atoms with Gasteiger partial charge in [-0.15, -0.1) is 12.4 Å². The molecule has 0 aromatic rings. The van der Waals surface area contributed by atoms with Crippen molar-refractivity contribution in [1.29, 1.82) is 0 Å². The maximum absolute atomic E-state index is 12.6. The molecular formula is C15H28ClN3O2. The fourth-order valence-electron chi connectivity index (χ4n) is 3.34. The van der Waals surface area contributed by atoms with E-state index >= 15 is 0 Å². The monoisotopic (exact) mass is 317 g/mol. The van der Waals surface area contributed by atoms with Crippen LogP contribution in [0.2, 0.25) is 0 Å². The molecule has 0 aromatic heterocycles. The maximum atomic E-state index is 12.6. The zero-order chi connectivity index (χ0) is 14.5. The van der Waals surface area contributed by atoms with Crippen LogP contribution < -0.4 is 5.32 Å². The van der Waals surface area contributed by atoms with Gasteiger partial charge in [0.1, 0.15) is 6.04 Å². The van der Waals surface area contributed by atoms with Crippen LogP contribution in [-0.2, 0) is 9.59 Å². The number of hydrogen-bond acceptors (Lipinski definition) is 3. The molecule has 2 fully saturated rings. The summed E-state index contributed by atoms with van der Waals surface area (Å²) in [6.07, 6.45) is 3.59. The molecular weight excluding hydrogens is 290 g/mol. The summed E-state index contributed by atoms with van der Waals surface area (Å²) in [5.74, 6) is 0.450. The standard InChI is InChI=1S/C15H27N3O2.ClH/c1-3-17(4-2)15(20)13-6-5-11-18(13)14(19)12-7-9-16-10-8-12;/h12-13,16H,3-11H2,1-2H3;1H. The van der Waals surface area contributed by atoms with Crippen LogP contribution in [0.1, 0.15) is 39.5 Å². The summed E-state index contributed by atoms with van der Waals surface area (Å²) >= 11 is 0. The van der Waals surface area contributed by atoms with Gasteiger partial charge in [-0.1, -0.05) is 0 Å². The Morgan fingerprint density at radius 1 is 1.14 bits per heavy atom. The molecule has 0 radical (unpaired) electrons. The van der Waals surface area contributed by atoms with Crippen LogP contribution in [0, 0.1) is 5.92 Å². The van der Waals surface area contributed by atoms with Gasteiger partial charge in [-0.2, -0.15) is 0 Å². The van der Waals surface area contributed by atoms with Gasteiger partial charge in [-0.3, -0.25) is 9.59 Å². The minimum absolute atomic E-state index is 0. The van der Waals surface area contributed by atoms with Crippen LogP contribution in [0.15, 0.2) is 0 Å². The van der Waals surface area contributed by atoms with Gasteiger partial charge in [0.05, 0.1) is 0 Å². The van der Waals surface area contributed by atoms with Gasteiger partial charge in [0, 0.05) is 25.6 Å². The van der Waals surface area contributed by atoms with E-state index < -0.39 is 0 Å². The smallest absolute Gasteiger partial charge is 0.245 e. The second-order valence-electron chi connectivity index (χ2n) is 5.72. The number of piperidine rings is 1. The Labute approximate surface area is 133 Å². The first-order chi connectivity index (χ1) is 9.69. The molecule has 5 nitrogen and oxygen atoms in total. The summed E-state index contributed by atoms with van der Waals surface area (Å²) in [4.78, 5) is 28.9. The van der Waals surface area contributed by atoms with E-state index in [1.807, 2.05) is 23.6 Å². The highest BCUT2D eigenvalue weighted by atomic mass is 35.5. The van der Waals surface area contributed by atoms with Crippen molar-refractivity contribution < 1.29 is 9.59 Å². The fourth-order valence-corrected chi connectivity index (χ4v) is 3.34. The summed E-state index contributed by atoms with van der Waals surface area (Å²) in [7, 11) is 0. The highest BCUT2D eigenvalue weighted by molar-refractivity contribution is 5.89. The number of nitrogens with zero attached hydrogens (tertiary/aromatic N) is 2. The van der Waals surface area contributed by atoms with Crippen LogP contribution >= 0.6 is 12.4 Å². The summed E-state index contributed by atoms with van der Waals surface area (Å²) in [6, 6.07) is -0.211. The lowest BCUT2D eigenvalue weighted by Gasteiger charge is -2.32. The van der Waals surface area contributed by atoms with Crippen LogP contribution in [-0.4, -0.2) is 60.4 Å². The molecule has 0 aromatic carbocycles. The average molecular weight is 318 g/mol. The Hall–Kier alpha value is -0.810. The molecule has 1 N–H and O–H groups in total. The average Bonchev–Trinajstić information content (AvgIpc) is 2.98. The number of nitrogens with one attached hydrogen (secondary N) is 1. The predicted molar refractivity (Wildman–Crippen MR) is 85.5 cm³/mol. The molecule has 2 saturated heterocycles. The van der Waals surface area contributed by atoms with Crippen LogP contribution in [0.25, 0.3) is 0 Å². The number of halogens is 1. The molecule has 0 saturated carbocycles. The highest BCUT2D eigenvalue weighted by Crippen LogP contribution is 2.24. The zero-order valence-electron chi connectivity index (χ0n) is 13.1. The highest BCUT2D eigenvalue weighted by Gasteiger charge is 2.38. The van der Waals surface area contributed by atoms with Crippen molar-refractivity contribution in [3.63, 3.8) is 0 Å². The van der Waals surface area contributed by atoms with E-state index in [4.69, 9.17) is 0 Å². The number of likely N-dealkylation sites (tertiary alicyclic amines) is 1. The molecule has 1 unspecified atom stereocenters. The van der Waals surface area contributed by atoms with Gasteiger partial charge < -0.3 is 15.1 Å². The molecule has 21 heavy (non-hydrogen) atoms. The summed E-state index contributed by atoms with van der Waals surface area (Å²) in [5, 5.41) is 3.28. The van der Waals surface area contributed by atoms with Gasteiger partial charge >= 0.3 is 0 Å². The number of rotatable bonds is 4. The van der Waals surface area contributed by atoms with E-state index in [0.717, 1.165) is 58.4 Å². The molecule has 0 bridgehead atoms. The normalized spacial score (nSPS) is 22.8. The lowest BCUT2D eigenvalue weighted by atomic mass is 9.96. The number of hydrogen-bond donors (Lipinski definition) is 1. The molecule has 122 valence electrons. The molecule has 0 spiro atoms. The van der Waals surface area contributed by atoms with Crippen molar-refractivity contribution >= 4 is 24.2 Å². The first-order valence-electron chi connectivity index (χ1n) is 7.99. The molecule has 2 aliphatic rings. The van der Waals surface area contributed by atoms with E-state index in [0.29, 0.717) is 0 Å². The quantitative estimate of drug-likeness (QED) is 0.849. The molecule has 2 heterocycles. The Morgan fingerprint density at radius 3 is 2.33 bits per heavy atom. The summed E-state index contributed by atoms with van der Waals surface area (Å²) < 4.78 is 0. The van der Waals surface area contributed by atoms with Crippen molar-refractivity contribution in [3.8, 4) is 0 Å². The van der Waals surface area contributed by atoms with Crippen LogP contribution in [0.5, 0.6) is 0 Å². The van der Waals surface area contributed by atoms with Crippen molar-refractivity contribution in [2.45, 2.75) is 45.6 Å². The van der Waals surface area contributed by atoms with Crippen molar-refractivity contribution in [1.82, 2.24) is 15.1 Å². The van der Waals surface area contributed by atoms with Gasteiger partial charge in [-0.25, -0.2) is 0 Å². The largest absolute Gasteiger partial charge is 0.341 e. The molecule has 2 amide bonds. The van der Waals surface area contributed by atoms with E-state index in [1.165, 1.54) is 0 Å². The summed E-state index contributed by atoms with van der Waals surface area (Å²) in [5.41, 5.74) is 0. The molecule has 2 aliphatic heterocycles. The number of likely N-dealkylation sites (N-methyl/N-ethyl adjacent to an activating group) is 1. The van der Waals surface area contributed by atoms with Gasteiger partial charge in [0.25, 0.3) is 0 Å². The van der Waals surface area contributed by atoms with E-state index in [2.05, 4.69) is 5.32 Å². The Balaban J connectivity index is 0.00000220. The Kier molecular flexibility index (Phi) is 7.46. The van der Waals surface area contributed by atoms with E-state index in [-0.39, 0.29) is 36.2 Å². The third-order valence-corrected chi connectivity index (χ3v) is 4.58. The van der Waals surface area contributed by atoms with Gasteiger partial charge in [-0.05, 0) is 52.6 Å². The van der Waals surface area contributed by atoms with Crippen LogP contribution in [0.3, 0.4) is 0 Å². The third-order valence-electron chi connectivity index (χ3n) is 4.58. The zero-order valence-corrected chi connectivity index (χ0v) is 14.0. The minimum Gasteiger partial charge on any atom is -0.341 e. The molecule has 6 heteroatoms. The molecule has 1 atom stereocenters. The lowest BCUT2D eigenvalue weighted by Crippen LogP contribution is -2.50. The van der Waals surface area contributed by atoms with E-state index in [9.17, 15) is 9.59 Å². The lowest BCUT2D eigenvalue weighted by molar-refractivity contribution is -0.146. The van der Waals surface area contributed by atoms with Gasteiger partial charge in [0.2, 0.25) is 11.8 Å². The predicted octanol–water partition coefficient (Wildman–Crippen LogP) is 1.27. The van der Waals surface area contributed by atoms with E-state index in [1.54, 1.807) is 0 Å². The first kappa shape index (κ1) is 18.2. The Morgan fingerprint density at radius 2 is 1.76 bits per heavy atom. The van der Waals surface area contributed by atoms with Gasteiger partial charge in [0.15, 0.2) is 0 Å². The van der Waals surface area contributed by atoms with Crippen molar-refractivity contribution in [2.75, 3.05) is 32.7 Å². The fraction of sp³-hybridized carbons (Fsp3) is 0.867. The number of carbonyl (C=O) groups excluding carboxylic acids is 2. The third kappa shape index (κ3) is 4.10. The first-order valence-corrected chi connectivity index (χ1v) is 7.99. The second-order valence-corrected chi connectivity index (χ2v) is 5.72. The van der Waals surface area contributed by atoms with Crippen molar-refractivity contribution in [2.24, 2.45) is 5.92 Å². The number of amides is 2. The SMILES string of the molecule is CCN(CC)C(=O)C1CCCN1C(=O)C1CCNCC1.Cl. The minimum atomic E-state index is -0.211. The summed E-state index contributed by atoms with van der Waals surface area (Å²) in [6.45, 7) is 8.02. The number of carbonyl (C=O) groups is 2. The maximum Gasteiger partial charge on any atom is 0.245 e. The molecule has 2 rings (SSSR count). The van der Waals surface area contributed by atoms with Crippen LogP contribution in [0.4, 0.5) is 0 Å². The van der Waals surface area contributed by atoms with Crippen molar-refractivity contribution in [3.05, 3.63) is 0 Å². The molecule has 0 aliphatic carbocycles. The Bertz CT molecular complexity index is 355.